The van der Waals surface area contributed by atoms with E-state index < -0.39 is 17.4 Å². The summed E-state index contributed by atoms with van der Waals surface area (Å²) in [6, 6.07) is -0.617. The monoisotopic (exact) mass is 242 g/mol. The zero-order valence-electron chi connectivity index (χ0n) is 10.7. The third-order valence-corrected chi connectivity index (χ3v) is 3.58. The molecule has 98 valence electrons. The maximum Gasteiger partial charge on any atom is 0.311 e. The van der Waals surface area contributed by atoms with Crippen LogP contribution >= 0.6 is 0 Å². The fourth-order valence-corrected chi connectivity index (χ4v) is 1.83. The molecule has 4 N–H and O–H groups in total. The van der Waals surface area contributed by atoms with Crippen LogP contribution in [0.5, 0.6) is 0 Å². The summed E-state index contributed by atoms with van der Waals surface area (Å²) < 4.78 is 0. The van der Waals surface area contributed by atoms with Crippen molar-refractivity contribution in [3.05, 3.63) is 0 Å². The molecule has 0 aliphatic heterocycles. The van der Waals surface area contributed by atoms with E-state index in [-0.39, 0.29) is 17.9 Å². The number of nitrogens with two attached hydrogens (primary N) is 1. The van der Waals surface area contributed by atoms with Gasteiger partial charge in [0, 0.05) is 6.54 Å². The maximum absolute atomic E-state index is 11.8. The molecule has 0 radical (unpaired) electrons. The normalized spacial score (nSPS) is 20.2. The third-order valence-electron chi connectivity index (χ3n) is 3.58. The largest absolute Gasteiger partial charge is 0.481 e. The van der Waals surface area contributed by atoms with E-state index in [1.165, 1.54) is 0 Å². The molecule has 0 unspecified atom stereocenters. The van der Waals surface area contributed by atoms with Crippen LogP contribution in [0, 0.1) is 10.8 Å². The van der Waals surface area contributed by atoms with E-state index in [9.17, 15) is 9.59 Å². The highest BCUT2D eigenvalue weighted by Crippen LogP contribution is 2.40. The molecule has 17 heavy (non-hydrogen) atoms. The van der Waals surface area contributed by atoms with Crippen LogP contribution in [-0.2, 0) is 9.59 Å². The minimum atomic E-state index is -0.826. The first-order valence-corrected chi connectivity index (χ1v) is 5.96. The standard InChI is InChI=1S/C12H22N2O3/c1-11(2,3)8(13)9(15)14-7-12(10(16)17)5-4-6-12/h8H,4-7,13H2,1-3H3,(H,14,15)(H,16,17)/t8-/m1/s1. The van der Waals surface area contributed by atoms with Crippen molar-refractivity contribution in [1.29, 1.82) is 0 Å². The molecule has 1 amide bonds. The second kappa shape index (κ2) is 4.64. The molecule has 0 aromatic carbocycles. The minimum Gasteiger partial charge on any atom is -0.481 e. The lowest BCUT2D eigenvalue weighted by Crippen LogP contribution is -2.53. The highest BCUT2D eigenvalue weighted by atomic mass is 16.4. The number of carboxylic acid groups (broad SMARTS) is 1. The number of rotatable bonds is 4. The first kappa shape index (κ1) is 14.0. The molecule has 0 spiro atoms. The van der Waals surface area contributed by atoms with Crippen molar-refractivity contribution in [2.24, 2.45) is 16.6 Å². The van der Waals surface area contributed by atoms with Crippen LogP contribution in [0.4, 0.5) is 0 Å². The minimum absolute atomic E-state index is 0.185. The van der Waals surface area contributed by atoms with Crippen molar-refractivity contribution in [3.63, 3.8) is 0 Å². The molecule has 1 fully saturated rings. The quantitative estimate of drug-likeness (QED) is 0.677. The van der Waals surface area contributed by atoms with Crippen molar-refractivity contribution < 1.29 is 14.7 Å². The summed E-state index contributed by atoms with van der Waals surface area (Å²) in [5.74, 6) is -1.10. The van der Waals surface area contributed by atoms with Crippen molar-refractivity contribution in [2.45, 2.75) is 46.1 Å². The average molecular weight is 242 g/mol. The van der Waals surface area contributed by atoms with Crippen LogP contribution in [0.25, 0.3) is 0 Å². The van der Waals surface area contributed by atoms with Crippen molar-refractivity contribution in [1.82, 2.24) is 5.32 Å². The summed E-state index contributed by atoms with van der Waals surface area (Å²) in [6.07, 6.45) is 2.17. The van der Waals surface area contributed by atoms with E-state index in [4.69, 9.17) is 10.8 Å². The van der Waals surface area contributed by atoms with Gasteiger partial charge in [0.25, 0.3) is 0 Å². The molecule has 1 aliphatic carbocycles. The predicted molar refractivity (Wildman–Crippen MR) is 64.4 cm³/mol. The topological polar surface area (TPSA) is 92.4 Å². The van der Waals surface area contributed by atoms with Gasteiger partial charge in [0.1, 0.15) is 0 Å². The summed E-state index contributed by atoms with van der Waals surface area (Å²) in [5.41, 5.74) is 4.72. The fourth-order valence-electron chi connectivity index (χ4n) is 1.83. The number of nitrogens with one attached hydrogen (secondary N) is 1. The molecule has 5 heteroatoms. The van der Waals surface area contributed by atoms with Gasteiger partial charge in [-0.2, -0.15) is 0 Å². The Morgan fingerprint density at radius 3 is 2.24 bits per heavy atom. The average Bonchev–Trinajstić information content (AvgIpc) is 2.12. The number of aliphatic carboxylic acids is 1. The Kier molecular flexibility index (Phi) is 3.81. The molecule has 1 atom stereocenters. The van der Waals surface area contributed by atoms with Gasteiger partial charge in [0.2, 0.25) is 5.91 Å². The molecule has 1 saturated carbocycles. The summed E-state index contributed by atoms with van der Waals surface area (Å²) in [7, 11) is 0. The Morgan fingerprint density at radius 1 is 1.41 bits per heavy atom. The Morgan fingerprint density at radius 2 is 1.94 bits per heavy atom. The molecular weight excluding hydrogens is 220 g/mol. The maximum atomic E-state index is 11.8. The van der Waals surface area contributed by atoms with E-state index in [0.717, 1.165) is 6.42 Å². The highest BCUT2D eigenvalue weighted by molar-refractivity contribution is 5.83. The first-order valence-electron chi connectivity index (χ1n) is 5.96. The van der Waals surface area contributed by atoms with Gasteiger partial charge >= 0.3 is 5.97 Å². The Hall–Kier alpha value is -1.10. The summed E-state index contributed by atoms with van der Waals surface area (Å²) in [6.45, 7) is 5.83. The summed E-state index contributed by atoms with van der Waals surface area (Å²) in [4.78, 5) is 22.9. The SMILES string of the molecule is CC(C)(C)[C@H](N)C(=O)NCC1(C(=O)O)CCC1. The molecule has 5 nitrogen and oxygen atoms in total. The lowest BCUT2D eigenvalue weighted by molar-refractivity contribution is -0.154. The van der Waals surface area contributed by atoms with E-state index in [1.807, 2.05) is 20.8 Å². The molecule has 0 saturated heterocycles. The van der Waals surface area contributed by atoms with Gasteiger partial charge in [0.05, 0.1) is 11.5 Å². The van der Waals surface area contributed by atoms with Crippen LogP contribution in [-0.4, -0.2) is 29.6 Å². The number of hydrogen-bond acceptors (Lipinski definition) is 3. The van der Waals surface area contributed by atoms with E-state index >= 15 is 0 Å². The molecule has 1 aliphatic rings. The predicted octanol–water partition coefficient (Wildman–Crippen LogP) is 0.731. The van der Waals surface area contributed by atoms with Crippen LogP contribution in [0.1, 0.15) is 40.0 Å². The zero-order chi connectivity index (χ0) is 13.3. The zero-order valence-corrected chi connectivity index (χ0v) is 10.7. The van der Waals surface area contributed by atoms with Crippen molar-refractivity contribution in [2.75, 3.05) is 6.54 Å². The Balaban J connectivity index is 2.51. The van der Waals surface area contributed by atoms with Crippen LogP contribution in [0.15, 0.2) is 0 Å². The van der Waals surface area contributed by atoms with Crippen LogP contribution in [0.3, 0.4) is 0 Å². The van der Waals surface area contributed by atoms with Gasteiger partial charge in [-0.25, -0.2) is 0 Å². The van der Waals surface area contributed by atoms with Gasteiger partial charge in [-0.15, -0.1) is 0 Å². The van der Waals surface area contributed by atoms with Gasteiger partial charge < -0.3 is 16.2 Å². The van der Waals surface area contributed by atoms with Gasteiger partial charge in [-0.3, -0.25) is 9.59 Å². The second-order valence-corrected chi connectivity index (χ2v) is 6.00. The molecular formula is C12H22N2O3. The number of carboxylic acids is 1. The first-order chi connectivity index (χ1) is 7.69. The fraction of sp³-hybridized carbons (Fsp3) is 0.833. The number of carbonyl (C=O) groups excluding carboxylic acids is 1. The van der Waals surface area contributed by atoms with Crippen molar-refractivity contribution >= 4 is 11.9 Å². The highest BCUT2D eigenvalue weighted by Gasteiger charge is 2.44. The molecule has 1 rings (SSSR count). The number of amides is 1. The van der Waals surface area contributed by atoms with Crippen LogP contribution < -0.4 is 11.1 Å². The lowest BCUT2D eigenvalue weighted by atomic mass is 9.68. The smallest absolute Gasteiger partial charge is 0.311 e. The molecule has 0 heterocycles. The van der Waals surface area contributed by atoms with Gasteiger partial charge in [-0.05, 0) is 18.3 Å². The molecule has 0 aromatic rings. The van der Waals surface area contributed by atoms with E-state index in [1.54, 1.807) is 0 Å². The summed E-state index contributed by atoms with van der Waals surface area (Å²) >= 11 is 0. The van der Waals surface area contributed by atoms with Gasteiger partial charge in [0.15, 0.2) is 0 Å². The Labute approximate surface area is 102 Å². The number of hydrogen-bond donors (Lipinski definition) is 3. The lowest BCUT2D eigenvalue weighted by Gasteiger charge is -2.38. The van der Waals surface area contributed by atoms with Crippen molar-refractivity contribution in [3.8, 4) is 0 Å². The second-order valence-electron chi connectivity index (χ2n) is 6.00. The van der Waals surface area contributed by atoms with Crippen LogP contribution in [0.2, 0.25) is 0 Å². The Bertz CT molecular complexity index is 316. The third kappa shape index (κ3) is 2.97. The number of carbonyl (C=O) groups is 2. The van der Waals surface area contributed by atoms with Gasteiger partial charge in [-0.1, -0.05) is 27.2 Å². The molecule has 0 bridgehead atoms. The van der Waals surface area contributed by atoms with E-state index in [0.29, 0.717) is 12.8 Å². The molecule has 0 aromatic heterocycles. The van der Waals surface area contributed by atoms with E-state index in [2.05, 4.69) is 5.32 Å². The summed E-state index contributed by atoms with van der Waals surface area (Å²) in [5, 5.41) is 11.8.